The Labute approximate surface area is 108 Å². The summed E-state index contributed by atoms with van der Waals surface area (Å²) in [7, 11) is 0. The Morgan fingerprint density at radius 2 is 2.29 bits per heavy atom. The smallest absolute Gasteiger partial charge is 0.253 e. The van der Waals surface area contributed by atoms with Gasteiger partial charge in [-0.1, -0.05) is 6.92 Å². The van der Waals surface area contributed by atoms with Crippen molar-refractivity contribution in [2.45, 2.75) is 25.8 Å². The second-order valence-corrected chi connectivity index (χ2v) is 4.73. The maximum absolute atomic E-state index is 12.9. The highest BCUT2D eigenvalue weighted by Gasteiger charge is 2.25. The van der Waals surface area contributed by atoms with Crippen LogP contribution in [0.3, 0.4) is 0 Å². The molecule has 90 valence electrons. The molecule has 1 rings (SSSR count). The van der Waals surface area contributed by atoms with Crippen LogP contribution in [0, 0.1) is 17.1 Å². The first-order chi connectivity index (χ1) is 7.91. The maximum atomic E-state index is 12.9. The molecule has 0 heterocycles. The van der Waals surface area contributed by atoms with Gasteiger partial charge in [0.15, 0.2) is 0 Å². The van der Waals surface area contributed by atoms with Crippen LogP contribution in [-0.2, 0) is 0 Å². The van der Waals surface area contributed by atoms with Crippen LogP contribution >= 0.6 is 15.9 Å². The minimum absolute atomic E-state index is 0.307. The molecule has 17 heavy (non-hydrogen) atoms. The van der Waals surface area contributed by atoms with Crippen LogP contribution in [0.5, 0.6) is 0 Å². The molecule has 0 aliphatic carbocycles. The zero-order chi connectivity index (χ0) is 13.1. The summed E-state index contributed by atoms with van der Waals surface area (Å²) in [6, 6.07) is 5.83. The maximum Gasteiger partial charge on any atom is 0.253 e. The van der Waals surface area contributed by atoms with E-state index >= 15 is 0 Å². The van der Waals surface area contributed by atoms with Crippen molar-refractivity contribution in [1.82, 2.24) is 5.32 Å². The molecule has 0 saturated heterocycles. The summed E-state index contributed by atoms with van der Waals surface area (Å²) in [6.07, 6.45) is 0.494. The second kappa shape index (κ2) is 5.28. The summed E-state index contributed by atoms with van der Waals surface area (Å²) in [5.74, 6) is -0.824. The van der Waals surface area contributed by atoms with E-state index < -0.39 is 17.3 Å². The van der Waals surface area contributed by atoms with Gasteiger partial charge in [-0.2, -0.15) is 5.26 Å². The molecule has 1 N–H and O–H groups in total. The van der Waals surface area contributed by atoms with Crippen LogP contribution in [0.2, 0.25) is 0 Å². The molecule has 0 spiro atoms. The lowest BCUT2D eigenvalue weighted by atomic mass is 10.0. The largest absolute Gasteiger partial charge is 0.334 e. The number of hydrogen-bond donors (Lipinski definition) is 1. The van der Waals surface area contributed by atoms with Crippen molar-refractivity contribution >= 4 is 21.8 Å². The van der Waals surface area contributed by atoms with Crippen molar-refractivity contribution in [2.75, 3.05) is 0 Å². The van der Waals surface area contributed by atoms with E-state index in [1.165, 1.54) is 18.2 Å². The summed E-state index contributed by atoms with van der Waals surface area (Å²) < 4.78 is 13.2. The molecule has 1 atom stereocenters. The average Bonchev–Trinajstić information content (AvgIpc) is 2.28. The second-order valence-electron chi connectivity index (χ2n) is 3.88. The zero-order valence-corrected chi connectivity index (χ0v) is 11.1. The SMILES string of the molecule is CCC(C)(C#N)NC(=O)c1ccc(F)cc1Br. The fourth-order valence-electron chi connectivity index (χ4n) is 1.19. The summed E-state index contributed by atoms with van der Waals surface area (Å²) in [4.78, 5) is 11.9. The Bertz CT molecular complexity index is 484. The normalized spacial score (nSPS) is 13.6. The first-order valence-corrected chi connectivity index (χ1v) is 5.90. The lowest BCUT2D eigenvalue weighted by molar-refractivity contribution is 0.0922. The number of halogens is 2. The van der Waals surface area contributed by atoms with Gasteiger partial charge in [0, 0.05) is 4.47 Å². The number of amides is 1. The van der Waals surface area contributed by atoms with Crippen molar-refractivity contribution in [3.63, 3.8) is 0 Å². The van der Waals surface area contributed by atoms with Crippen LogP contribution in [0.25, 0.3) is 0 Å². The van der Waals surface area contributed by atoms with Crippen molar-refractivity contribution in [1.29, 1.82) is 5.26 Å². The number of carbonyl (C=O) groups is 1. The molecule has 0 bridgehead atoms. The van der Waals surface area contributed by atoms with Crippen molar-refractivity contribution in [2.24, 2.45) is 0 Å². The molecule has 5 heteroatoms. The Kier molecular flexibility index (Phi) is 4.24. The van der Waals surface area contributed by atoms with Crippen LogP contribution in [0.15, 0.2) is 22.7 Å². The minimum Gasteiger partial charge on any atom is -0.334 e. The Balaban J connectivity index is 2.95. The molecule has 0 aromatic heterocycles. The number of nitrogens with one attached hydrogen (secondary N) is 1. The van der Waals surface area contributed by atoms with E-state index in [1.54, 1.807) is 6.92 Å². The predicted octanol–water partition coefficient (Wildman–Crippen LogP) is 3.01. The quantitative estimate of drug-likeness (QED) is 0.932. The van der Waals surface area contributed by atoms with Gasteiger partial charge in [0.05, 0.1) is 11.6 Å². The lowest BCUT2D eigenvalue weighted by Gasteiger charge is -2.21. The minimum atomic E-state index is -0.912. The summed E-state index contributed by atoms with van der Waals surface area (Å²) in [5, 5.41) is 11.6. The van der Waals surface area contributed by atoms with E-state index in [-0.39, 0.29) is 0 Å². The molecular weight excluding hydrogens is 287 g/mol. The van der Waals surface area contributed by atoms with Crippen LogP contribution < -0.4 is 5.32 Å². The van der Waals surface area contributed by atoms with Crippen molar-refractivity contribution in [3.8, 4) is 6.07 Å². The van der Waals surface area contributed by atoms with Gasteiger partial charge in [0.25, 0.3) is 5.91 Å². The molecular formula is C12H12BrFN2O. The zero-order valence-electron chi connectivity index (χ0n) is 9.55. The third-order valence-corrected chi connectivity index (χ3v) is 3.18. The highest BCUT2D eigenvalue weighted by atomic mass is 79.9. The monoisotopic (exact) mass is 298 g/mol. The molecule has 1 amide bonds. The van der Waals surface area contributed by atoms with Gasteiger partial charge in [-0.25, -0.2) is 4.39 Å². The number of carbonyl (C=O) groups excluding carboxylic acids is 1. The number of rotatable bonds is 3. The first-order valence-electron chi connectivity index (χ1n) is 5.10. The molecule has 3 nitrogen and oxygen atoms in total. The molecule has 0 aliphatic heterocycles. The van der Waals surface area contributed by atoms with Crippen LogP contribution in [-0.4, -0.2) is 11.4 Å². The van der Waals surface area contributed by atoms with Gasteiger partial charge >= 0.3 is 0 Å². The van der Waals surface area contributed by atoms with Gasteiger partial charge < -0.3 is 5.32 Å². The molecule has 0 fully saturated rings. The molecule has 0 radical (unpaired) electrons. The highest BCUT2D eigenvalue weighted by molar-refractivity contribution is 9.10. The lowest BCUT2D eigenvalue weighted by Crippen LogP contribution is -2.44. The number of nitrogens with zero attached hydrogens (tertiary/aromatic N) is 1. The van der Waals surface area contributed by atoms with E-state index in [0.717, 1.165) is 0 Å². The van der Waals surface area contributed by atoms with E-state index in [0.29, 0.717) is 16.5 Å². The average molecular weight is 299 g/mol. The van der Waals surface area contributed by atoms with Gasteiger partial charge in [-0.15, -0.1) is 0 Å². The highest BCUT2D eigenvalue weighted by Crippen LogP contribution is 2.19. The summed E-state index contributed by atoms with van der Waals surface area (Å²) in [5.41, 5.74) is -0.605. The van der Waals surface area contributed by atoms with Gasteiger partial charge in [0.1, 0.15) is 11.4 Å². The standard InChI is InChI=1S/C12H12BrFN2O/c1-3-12(2,7-15)16-11(17)9-5-4-8(14)6-10(9)13/h4-6H,3H2,1-2H3,(H,16,17). The first kappa shape index (κ1) is 13.7. The third-order valence-electron chi connectivity index (χ3n) is 2.52. The predicted molar refractivity (Wildman–Crippen MR) is 65.9 cm³/mol. The van der Waals surface area contributed by atoms with Gasteiger partial charge in [-0.3, -0.25) is 4.79 Å². The van der Waals surface area contributed by atoms with Crippen molar-refractivity contribution < 1.29 is 9.18 Å². The third kappa shape index (κ3) is 3.27. The molecule has 0 aliphatic rings. The Morgan fingerprint density at radius 1 is 1.65 bits per heavy atom. The van der Waals surface area contributed by atoms with Crippen molar-refractivity contribution in [3.05, 3.63) is 34.1 Å². The molecule has 1 aromatic carbocycles. The Morgan fingerprint density at radius 3 is 2.76 bits per heavy atom. The molecule has 1 unspecified atom stereocenters. The Hall–Kier alpha value is -1.41. The van der Waals surface area contributed by atoms with Gasteiger partial charge in [-0.05, 0) is 47.5 Å². The fourth-order valence-corrected chi connectivity index (χ4v) is 1.72. The topological polar surface area (TPSA) is 52.9 Å². The van der Waals surface area contributed by atoms with E-state index in [4.69, 9.17) is 5.26 Å². The summed E-state index contributed by atoms with van der Waals surface area (Å²) >= 11 is 3.12. The molecule has 1 aromatic rings. The van der Waals surface area contributed by atoms with Gasteiger partial charge in [0.2, 0.25) is 0 Å². The number of benzene rings is 1. The number of nitriles is 1. The van der Waals surface area contributed by atoms with E-state index in [9.17, 15) is 9.18 Å². The summed E-state index contributed by atoms with van der Waals surface area (Å²) in [6.45, 7) is 3.45. The molecule has 0 saturated carbocycles. The van der Waals surface area contributed by atoms with Crippen LogP contribution in [0.4, 0.5) is 4.39 Å². The van der Waals surface area contributed by atoms with Crippen LogP contribution in [0.1, 0.15) is 30.6 Å². The fraction of sp³-hybridized carbons (Fsp3) is 0.333. The van der Waals surface area contributed by atoms with E-state index in [1.807, 2.05) is 13.0 Å². The van der Waals surface area contributed by atoms with E-state index in [2.05, 4.69) is 21.2 Å². The number of hydrogen-bond acceptors (Lipinski definition) is 2.